The summed E-state index contributed by atoms with van der Waals surface area (Å²) in [7, 11) is 1.82. The van der Waals surface area contributed by atoms with Crippen LogP contribution >= 0.6 is 0 Å². The van der Waals surface area contributed by atoms with Crippen LogP contribution in [0.4, 0.5) is 5.95 Å². The number of fused-ring (bicyclic) bond motifs is 1. The van der Waals surface area contributed by atoms with Gasteiger partial charge in [-0.25, -0.2) is 4.98 Å². The van der Waals surface area contributed by atoms with Crippen LogP contribution in [0.1, 0.15) is 26.2 Å². The fraction of sp³-hybridized carbons (Fsp3) is 0.632. The Balaban J connectivity index is 1.60. The van der Waals surface area contributed by atoms with E-state index in [0.717, 1.165) is 45.1 Å². The number of hydrogen-bond acceptors (Lipinski definition) is 6. The first-order valence-electron chi connectivity index (χ1n) is 9.72. The summed E-state index contributed by atoms with van der Waals surface area (Å²) < 4.78 is 1.68. The molecule has 0 aliphatic carbocycles. The zero-order valence-electron chi connectivity index (χ0n) is 15.7. The molecule has 2 aliphatic heterocycles. The van der Waals surface area contributed by atoms with Gasteiger partial charge in [0.15, 0.2) is 5.65 Å². The highest BCUT2D eigenvalue weighted by molar-refractivity contribution is 5.74. The molecule has 2 fully saturated rings. The molecule has 0 saturated carbocycles. The standard InChI is InChI=1S/C19H28N6O/c1-3-14-13-24(11-12-25(14)15-6-9-20-10-7-15)19-22-17-16(5-4-8-21-17)18(26)23(19)2/h4-5,8,14-15,20H,3,6-7,9-13H2,1-2H3. The average Bonchev–Trinajstić information content (AvgIpc) is 2.71. The van der Waals surface area contributed by atoms with Gasteiger partial charge in [-0.05, 0) is 44.5 Å². The molecule has 0 bridgehead atoms. The molecular weight excluding hydrogens is 328 g/mol. The van der Waals surface area contributed by atoms with E-state index in [1.54, 1.807) is 22.9 Å². The maximum atomic E-state index is 12.7. The van der Waals surface area contributed by atoms with Crippen molar-refractivity contribution in [3.63, 3.8) is 0 Å². The predicted molar refractivity (Wildman–Crippen MR) is 104 cm³/mol. The maximum Gasteiger partial charge on any atom is 0.264 e. The Morgan fingerprint density at radius 3 is 2.85 bits per heavy atom. The van der Waals surface area contributed by atoms with Crippen molar-refractivity contribution in [2.75, 3.05) is 37.6 Å². The third-order valence-electron chi connectivity index (χ3n) is 5.89. The Kier molecular flexibility index (Phi) is 4.91. The molecule has 140 valence electrons. The van der Waals surface area contributed by atoms with Gasteiger partial charge < -0.3 is 10.2 Å². The minimum atomic E-state index is -0.0214. The molecule has 2 aromatic rings. The quantitative estimate of drug-likeness (QED) is 0.884. The molecule has 0 amide bonds. The van der Waals surface area contributed by atoms with Crippen LogP contribution in [0.3, 0.4) is 0 Å². The van der Waals surface area contributed by atoms with E-state index < -0.39 is 0 Å². The van der Waals surface area contributed by atoms with Crippen LogP contribution in [-0.4, -0.2) is 64.2 Å². The van der Waals surface area contributed by atoms with Crippen LogP contribution < -0.4 is 15.8 Å². The van der Waals surface area contributed by atoms with Crippen LogP contribution in [0.25, 0.3) is 11.0 Å². The molecule has 1 unspecified atom stereocenters. The summed E-state index contributed by atoms with van der Waals surface area (Å²) in [5, 5.41) is 4.04. The molecule has 26 heavy (non-hydrogen) atoms. The lowest BCUT2D eigenvalue weighted by atomic mass is 9.99. The molecule has 2 aliphatic rings. The Bertz CT molecular complexity index is 828. The van der Waals surface area contributed by atoms with Crippen molar-refractivity contribution >= 4 is 17.0 Å². The molecule has 1 atom stereocenters. The van der Waals surface area contributed by atoms with Crippen LogP contribution in [0.15, 0.2) is 23.1 Å². The minimum absolute atomic E-state index is 0.0214. The zero-order valence-corrected chi connectivity index (χ0v) is 15.7. The SMILES string of the molecule is CCC1CN(c2nc3ncccc3c(=O)n2C)CCN1C1CCNCC1. The number of nitrogens with one attached hydrogen (secondary N) is 1. The van der Waals surface area contributed by atoms with Crippen molar-refractivity contribution in [1.29, 1.82) is 0 Å². The number of aromatic nitrogens is 3. The highest BCUT2D eigenvalue weighted by atomic mass is 16.1. The second-order valence-corrected chi connectivity index (χ2v) is 7.38. The van der Waals surface area contributed by atoms with Crippen LogP contribution in [0.2, 0.25) is 0 Å². The van der Waals surface area contributed by atoms with Gasteiger partial charge in [-0.15, -0.1) is 0 Å². The van der Waals surface area contributed by atoms with E-state index in [1.165, 1.54) is 12.8 Å². The van der Waals surface area contributed by atoms with Crippen molar-refractivity contribution in [2.45, 2.75) is 38.3 Å². The molecule has 4 heterocycles. The lowest BCUT2D eigenvalue weighted by molar-refractivity contribution is 0.0931. The normalized spacial score (nSPS) is 22.8. The lowest BCUT2D eigenvalue weighted by Gasteiger charge is -2.46. The van der Waals surface area contributed by atoms with Gasteiger partial charge in [0.25, 0.3) is 5.56 Å². The molecule has 2 aromatic heterocycles. The van der Waals surface area contributed by atoms with E-state index in [9.17, 15) is 4.79 Å². The van der Waals surface area contributed by atoms with Gasteiger partial charge in [0, 0.05) is 45.0 Å². The van der Waals surface area contributed by atoms with Gasteiger partial charge in [0.2, 0.25) is 5.95 Å². The number of anilines is 1. The van der Waals surface area contributed by atoms with E-state index in [-0.39, 0.29) is 5.56 Å². The second kappa shape index (κ2) is 7.32. The van der Waals surface area contributed by atoms with Gasteiger partial charge in [-0.1, -0.05) is 6.92 Å². The monoisotopic (exact) mass is 356 g/mol. The molecule has 7 nitrogen and oxygen atoms in total. The smallest absolute Gasteiger partial charge is 0.264 e. The first kappa shape index (κ1) is 17.4. The Morgan fingerprint density at radius 1 is 1.27 bits per heavy atom. The van der Waals surface area contributed by atoms with Crippen LogP contribution in [-0.2, 0) is 7.05 Å². The topological polar surface area (TPSA) is 66.3 Å². The minimum Gasteiger partial charge on any atom is -0.339 e. The number of rotatable bonds is 3. The fourth-order valence-corrected chi connectivity index (χ4v) is 4.41. The number of pyridine rings is 1. The van der Waals surface area contributed by atoms with Crippen molar-refractivity contribution < 1.29 is 0 Å². The summed E-state index contributed by atoms with van der Waals surface area (Å²) in [5.74, 6) is 0.740. The Labute approximate surface area is 154 Å². The second-order valence-electron chi connectivity index (χ2n) is 7.38. The molecular formula is C19H28N6O. The van der Waals surface area contributed by atoms with Crippen LogP contribution in [0.5, 0.6) is 0 Å². The van der Waals surface area contributed by atoms with Gasteiger partial charge in [-0.3, -0.25) is 14.3 Å². The number of hydrogen-bond donors (Lipinski definition) is 1. The fourth-order valence-electron chi connectivity index (χ4n) is 4.41. The number of piperazine rings is 1. The largest absolute Gasteiger partial charge is 0.339 e. The highest BCUT2D eigenvalue weighted by Crippen LogP contribution is 2.24. The number of piperidine rings is 1. The molecule has 2 saturated heterocycles. The third kappa shape index (κ3) is 3.10. The average molecular weight is 356 g/mol. The van der Waals surface area contributed by atoms with E-state index in [4.69, 9.17) is 4.98 Å². The molecule has 7 heteroatoms. The Hall–Kier alpha value is -1.99. The summed E-state index contributed by atoms with van der Waals surface area (Å²) in [6.07, 6.45) is 5.27. The van der Waals surface area contributed by atoms with E-state index in [0.29, 0.717) is 23.1 Å². The first-order chi connectivity index (χ1) is 12.7. The van der Waals surface area contributed by atoms with E-state index in [2.05, 4.69) is 27.0 Å². The van der Waals surface area contributed by atoms with Crippen molar-refractivity contribution in [2.24, 2.45) is 7.05 Å². The van der Waals surface area contributed by atoms with Gasteiger partial charge >= 0.3 is 0 Å². The summed E-state index contributed by atoms with van der Waals surface area (Å²) in [6.45, 7) is 7.34. The highest BCUT2D eigenvalue weighted by Gasteiger charge is 2.33. The lowest BCUT2D eigenvalue weighted by Crippen LogP contribution is -2.58. The summed E-state index contributed by atoms with van der Waals surface area (Å²) in [6, 6.07) is 4.77. The summed E-state index contributed by atoms with van der Waals surface area (Å²) in [4.78, 5) is 26.7. The summed E-state index contributed by atoms with van der Waals surface area (Å²) >= 11 is 0. The summed E-state index contributed by atoms with van der Waals surface area (Å²) in [5.41, 5.74) is 0.520. The molecule has 4 rings (SSSR count). The van der Waals surface area contributed by atoms with Gasteiger partial charge in [0.1, 0.15) is 0 Å². The molecule has 0 aromatic carbocycles. The van der Waals surface area contributed by atoms with Crippen LogP contribution in [0, 0.1) is 0 Å². The predicted octanol–water partition coefficient (Wildman–Crippen LogP) is 0.981. The molecule has 0 spiro atoms. The third-order valence-corrected chi connectivity index (χ3v) is 5.89. The first-order valence-corrected chi connectivity index (χ1v) is 9.72. The Morgan fingerprint density at radius 2 is 2.08 bits per heavy atom. The maximum absolute atomic E-state index is 12.7. The van der Waals surface area contributed by atoms with E-state index in [1.807, 2.05) is 7.05 Å². The van der Waals surface area contributed by atoms with Gasteiger partial charge in [0.05, 0.1) is 5.39 Å². The molecule has 1 N–H and O–H groups in total. The zero-order chi connectivity index (χ0) is 18.1. The van der Waals surface area contributed by atoms with Crippen molar-refractivity contribution in [1.82, 2.24) is 24.8 Å². The van der Waals surface area contributed by atoms with Crippen molar-refractivity contribution in [3.05, 3.63) is 28.7 Å². The van der Waals surface area contributed by atoms with E-state index >= 15 is 0 Å². The van der Waals surface area contributed by atoms with Gasteiger partial charge in [-0.2, -0.15) is 4.98 Å². The molecule has 0 radical (unpaired) electrons. The van der Waals surface area contributed by atoms with Crippen molar-refractivity contribution in [3.8, 4) is 0 Å². The number of nitrogens with zero attached hydrogens (tertiary/aromatic N) is 5.